The van der Waals surface area contributed by atoms with Crippen molar-refractivity contribution < 1.29 is 14.6 Å². The number of carbonyl (C=O) groups is 1. The minimum absolute atomic E-state index is 0.0458. The summed E-state index contributed by atoms with van der Waals surface area (Å²) in [4.78, 5) is 11.8. The molecule has 1 aromatic rings. The first-order valence-electron chi connectivity index (χ1n) is 6.36. The van der Waals surface area contributed by atoms with Crippen molar-refractivity contribution in [2.75, 3.05) is 13.7 Å². The second kappa shape index (κ2) is 5.76. The highest BCUT2D eigenvalue weighted by atomic mass is 16.5. The minimum Gasteiger partial charge on any atom is -0.507 e. The zero-order valence-corrected chi connectivity index (χ0v) is 10.6. The first-order valence-corrected chi connectivity index (χ1v) is 6.36. The summed E-state index contributed by atoms with van der Waals surface area (Å²) in [5.41, 5.74) is 0.296. The van der Waals surface area contributed by atoms with E-state index in [9.17, 15) is 9.90 Å². The number of methoxy groups -OCH3 is 1. The van der Waals surface area contributed by atoms with Crippen LogP contribution < -0.4 is 10.1 Å². The number of ether oxygens (including phenoxy) is 1. The third kappa shape index (κ3) is 2.94. The van der Waals surface area contributed by atoms with Gasteiger partial charge in [0, 0.05) is 12.6 Å². The standard InChI is InChI=1S/C14H19NO3/c1-18-11-5-6-12(13(16)9-11)14(17)15-8-7-10-3-2-4-10/h5-6,9-10,16H,2-4,7-8H2,1H3,(H,15,17). The van der Waals surface area contributed by atoms with Gasteiger partial charge in [-0.05, 0) is 24.5 Å². The van der Waals surface area contributed by atoms with Gasteiger partial charge in [0.25, 0.3) is 5.91 Å². The van der Waals surface area contributed by atoms with Gasteiger partial charge in [-0.3, -0.25) is 4.79 Å². The van der Waals surface area contributed by atoms with E-state index in [0.717, 1.165) is 12.3 Å². The van der Waals surface area contributed by atoms with E-state index in [0.29, 0.717) is 17.9 Å². The van der Waals surface area contributed by atoms with Gasteiger partial charge in [-0.15, -0.1) is 0 Å². The van der Waals surface area contributed by atoms with E-state index in [1.165, 1.54) is 32.4 Å². The Morgan fingerprint density at radius 2 is 2.28 bits per heavy atom. The minimum atomic E-state index is -0.227. The Hall–Kier alpha value is -1.71. The molecule has 1 saturated carbocycles. The average molecular weight is 249 g/mol. The fourth-order valence-electron chi connectivity index (χ4n) is 2.10. The summed E-state index contributed by atoms with van der Waals surface area (Å²) in [6.07, 6.45) is 4.91. The fraction of sp³-hybridized carbons (Fsp3) is 0.500. The molecule has 0 radical (unpaired) electrons. The van der Waals surface area contributed by atoms with Crippen LogP contribution in [-0.4, -0.2) is 24.7 Å². The van der Waals surface area contributed by atoms with Crippen LogP contribution >= 0.6 is 0 Å². The van der Waals surface area contributed by atoms with Gasteiger partial charge in [0.2, 0.25) is 0 Å². The van der Waals surface area contributed by atoms with Crippen LogP contribution in [0.1, 0.15) is 36.0 Å². The number of phenols is 1. The molecule has 0 spiro atoms. The Balaban J connectivity index is 1.87. The number of phenolic OH excluding ortho intramolecular Hbond substituents is 1. The van der Waals surface area contributed by atoms with Crippen LogP contribution in [0.15, 0.2) is 18.2 Å². The lowest BCUT2D eigenvalue weighted by molar-refractivity contribution is 0.0946. The number of hydrogen-bond acceptors (Lipinski definition) is 3. The predicted octanol–water partition coefficient (Wildman–Crippen LogP) is 2.32. The highest BCUT2D eigenvalue weighted by Crippen LogP contribution is 2.29. The number of carbonyl (C=O) groups excluding carboxylic acids is 1. The smallest absolute Gasteiger partial charge is 0.255 e. The van der Waals surface area contributed by atoms with E-state index in [-0.39, 0.29) is 11.7 Å². The molecule has 0 saturated heterocycles. The second-order valence-corrected chi connectivity index (χ2v) is 4.72. The number of benzene rings is 1. The van der Waals surface area contributed by atoms with Gasteiger partial charge in [-0.1, -0.05) is 19.3 Å². The number of aromatic hydroxyl groups is 1. The van der Waals surface area contributed by atoms with Crippen LogP contribution in [0, 0.1) is 5.92 Å². The molecule has 2 rings (SSSR count). The Morgan fingerprint density at radius 3 is 2.83 bits per heavy atom. The Kier molecular flexibility index (Phi) is 4.07. The molecule has 18 heavy (non-hydrogen) atoms. The maximum Gasteiger partial charge on any atom is 0.255 e. The molecule has 0 bridgehead atoms. The van der Waals surface area contributed by atoms with Gasteiger partial charge < -0.3 is 15.2 Å². The first-order chi connectivity index (χ1) is 8.70. The Labute approximate surface area is 107 Å². The van der Waals surface area contributed by atoms with Crippen LogP contribution in [0.25, 0.3) is 0 Å². The molecule has 0 aliphatic heterocycles. The zero-order chi connectivity index (χ0) is 13.0. The molecular weight excluding hydrogens is 230 g/mol. The summed E-state index contributed by atoms with van der Waals surface area (Å²) in [6.45, 7) is 0.676. The summed E-state index contributed by atoms with van der Waals surface area (Å²) in [5, 5.41) is 12.6. The largest absolute Gasteiger partial charge is 0.507 e. The topological polar surface area (TPSA) is 58.6 Å². The number of nitrogens with one attached hydrogen (secondary N) is 1. The van der Waals surface area contributed by atoms with Gasteiger partial charge in [-0.25, -0.2) is 0 Å². The summed E-state index contributed by atoms with van der Waals surface area (Å²) in [7, 11) is 1.52. The molecule has 1 fully saturated rings. The van der Waals surface area contributed by atoms with E-state index >= 15 is 0 Å². The van der Waals surface area contributed by atoms with Crippen molar-refractivity contribution in [2.45, 2.75) is 25.7 Å². The first kappa shape index (κ1) is 12.7. The molecule has 1 aliphatic rings. The Bertz CT molecular complexity index is 427. The van der Waals surface area contributed by atoms with Gasteiger partial charge in [0.15, 0.2) is 0 Å². The van der Waals surface area contributed by atoms with Crippen LogP contribution in [0.5, 0.6) is 11.5 Å². The zero-order valence-electron chi connectivity index (χ0n) is 10.6. The van der Waals surface area contributed by atoms with Crippen LogP contribution in [0.2, 0.25) is 0 Å². The SMILES string of the molecule is COc1ccc(C(=O)NCCC2CCC2)c(O)c1. The molecule has 1 amide bonds. The molecule has 0 atom stereocenters. The molecule has 4 nitrogen and oxygen atoms in total. The van der Waals surface area contributed by atoms with E-state index in [1.807, 2.05) is 0 Å². The second-order valence-electron chi connectivity index (χ2n) is 4.72. The van der Waals surface area contributed by atoms with Crippen molar-refractivity contribution in [3.05, 3.63) is 23.8 Å². The molecule has 98 valence electrons. The molecule has 4 heteroatoms. The van der Waals surface area contributed by atoms with Crippen molar-refractivity contribution >= 4 is 5.91 Å². The van der Waals surface area contributed by atoms with Crippen molar-refractivity contribution in [3.8, 4) is 11.5 Å². The van der Waals surface area contributed by atoms with Crippen LogP contribution in [-0.2, 0) is 0 Å². The van der Waals surface area contributed by atoms with Crippen molar-refractivity contribution in [1.82, 2.24) is 5.32 Å². The molecule has 2 N–H and O–H groups in total. The fourth-order valence-corrected chi connectivity index (χ4v) is 2.10. The number of hydrogen-bond donors (Lipinski definition) is 2. The number of rotatable bonds is 5. The van der Waals surface area contributed by atoms with Crippen molar-refractivity contribution in [1.29, 1.82) is 0 Å². The van der Waals surface area contributed by atoms with E-state index in [2.05, 4.69) is 5.32 Å². The van der Waals surface area contributed by atoms with Gasteiger partial charge in [0.05, 0.1) is 12.7 Å². The highest BCUT2D eigenvalue weighted by molar-refractivity contribution is 5.96. The van der Waals surface area contributed by atoms with E-state index in [4.69, 9.17) is 4.74 Å². The molecule has 0 unspecified atom stereocenters. The maximum atomic E-state index is 11.8. The summed E-state index contributed by atoms with van der Waals surface area (Å²) < 4.78 is 4.97. The van der Waals surface area contributed by atoms with E-state index in [1.54, 1.807) is 12.1 Å². The third-order valence-corrected chi connectivity index (χ3v) is 3.51. The maximum absolute atomic E-state index is 11.8. The van der Waals surface area contributed by atoms with Gasteiger partial charge in [-0.2, -0.15) is 0 Å². The summed E-state index contributed by atoms with van der Waals surface area (Å²) >= 11 is 0. The highest BCUT2D eigenvalue weighted by Gasteiger charge is 2.17. The molecular formula is C14H19NO3. The molecule has 0 heterocycles. The van der Waals surface area contributed by atoms with Crippen LogP contribution in [0.4, 0.5) is 0 Å². The summed E-state index contributed by atoms with van der Waals surface area (Å²) in [6, 6.07) is 4.69. The molecule has 1 aliphatic carbocycles. The predicted molar refractivity (Wildman–Crippen MR) is 69.0 cm³/mol. The monoisotopic (exact) mass is 249 g/mol. The average Bonchev–Trinajstić information content (AvgIpc) is 2.31. The van der Waals surface area contributed by atoms with E-state index < -0.39 is 0 Å². The van der Waals surface area contributed by atoms with Gasteiger partial charge >= 0.3 is 0 Å². The lowest BCUT2D eigenvalue weighted by atomic mass is 9.83. The lowest BCUT2D eigenvalue weighted by Gasteiger charge is -2.25. The van der Waals surface area contributed by atoms with Crippen LogP contribution in [0.3, 0.4) is 0 Å². The molecule has 1 aromatic carbocycles. The normalized spacial score (nSPS) is 14.9. The van der Waals surface area contributed by atoms with Crippen molar-refractivity contribution in [3.63, 3.8) is 0 Å². The third-order valence-electron chi connectivity index (χ3n) is 3.51. The number of amides is 1. The van der Waals surface area contributed by atoms with Crippen molar-refractivity contribution in [2.24, 2.45) is 5.92 Å². The Morgan fingerprint density at radius 1 is 1.50 bits per heavy atom. The quantitative estimate of drug-likeness (QED) is 0.842. The van der Waals surface area contributed by atoms with Gasteiger partial charge in [0.1, 0.15) is 11.5 Å². The summed E-state index contributed by atoms with van der Waals surface area (Å²) in [5.74, 6) is 1.04. The molecule has 0 aromatic heterocycles. The lowest BCUT2D eigenvalue weighted by Crippen LogP contribution is -2.27.